The third kappa shape index (κ3) is 2.74. The number of nitrogens with zero attached hydrogens (tertiary/aromatic N) is 2. The highest BCUT2D eigenvalue weighted by atomic mass is 15.2. The zero-order valence-corrected chi connectivity index (χ0v) is 11.0. The third-order valence-electron chi connectivity index (χ3n) is 3.64. The van der Waals surface area contributed by atoms with Crippen molar-refractivity contribution in [2.24, 2.45) is 0 Å². The van der Waals surface area contributed by atoms with Crippen molar-refractivity contribution in [1.82, 2.24) is 9.88 Å². The molecule has 0 N–H and O–H groups in total. The maximum atomic E-state index is 4.19. The molecule has 2 nitrogen and oxygen atoms in total. The van der Waals surface area contributed by atoms with E-state index >= 15 is 0 Å². The maximum Gasteiger partial charge on any atom is 0.0392 e. The molecule has 3 rings (SSSR count). The number of likely N-dealkylation sites (tertiary alicyclic amines) is 1. The number of rotatable bonds is 3. The zero-order valence-electron chi connectivity index (χ0n) is 11.0. The SMILES string of the molecule is C=C1CC(c2ccccc2)N(Cc2cccnc2)C1. The fourth-order valence-corrected chi connectivity index (χ4v) is 2.76. The van der Waals surface area contributed by atoms with E-state index in [0.717, 1.165) is 19.5 Å². The average Bonchev–Trinajstić information content (AvgIpc) is 2.82. The lowest BCUT2D eigenvalue weighted by Gasteiger charge is -2.24. The summed E-state index contributed by atoms with van der Waals surface area (Å²) in [5.41, 5.74) is 3.96. The summed E-state index contributed by atoms with van der Waals surface area (Å²) in [5, 5.41) is 0. The lowest BCUT2D eigenvalue weighted by Crippen LogP contribution is -2.22. The molecule has 1 fully saturated rings. The molecule has 1 aromatic heterocycles. The van der Waals surface area contributed by atoms with Gasteiger partial charge in [0.05, 0.1) is 0 Å². The quantitative estimate of drug-likeness (QED) is 0.774. The van der Waals surface area contributed by atoms with Crippen LogP contribution in [0.15, 0.2) is 67.0 Å². The summed E-state index contributed by atoms with van der Waals surface area (Å²) in [6, 6.07) is 15.3. The van der Waals surface area contributed by atoms with E-state index in [-0.39, 0.29) is 0 Å². The fourth-order valence-electron chi connectivity index (χ4n) is 2.76. The summed E-state index contributed by atoms with van der Waals surface area (Å²) >= 11 is 0. The minimum absolute atomic E-state index is 0.453. The Kier molecular flexibility index (Phi) is 3.43. The molecule has 2 heterocycles. The predicted molar refractivity (Wildman–Crippen MR) is 77.6 cm³/mol. The van der Waals surface area contributed by atoms with Crippen LogP contribution in [0.5, 0.6) is 0 Å². The van der Waals surface area contributed by atoms with Gasteiger partial charge < -0.3 is 0 Å². The Hall–Kier alpha value is -1.93. The van der Waals surface area contributed by atoms with Gasteiger partial charge >= 0.3 is 0 Å². The second kappa shape index (κ2) is 5.37. The van der Waals surface area contributed by atoms with Crippen LogP contribution >= 0.6 is 0 Å². The van der Waals surface area contributed by atoms with Crippen molar-refractivity contribution in [1.29, 1.82) is 0 Å². The zero-order chi connectivity index (χ0) is 13.1. The standard InChI is InChI=1S/C17H18N2/c1-14-10-17(16-7-3-2-4-8-16)19(12-14)13-15-6-5-9-18-11-15/h2-9,11,17H,1,10,12-13H2. The molecule has 19 heavy (non-hydrogen) atoms. The van der Waals surface area contributed by atoms with E-state index < -0.39 is 0 Å². The molecule has 1 saturated heterocycles. The van der Waals surface area contributed by atoms with Gasteiger partial charge in [-0.1, -0.05) is 48.6 Å². The van der Waals surface area contributed by atoms with E-state index in [2.05, 4.69) is 52.9 Å². The lowest BCUT2D eigenvalue weighted by atomic mass is 10.0. The average molecular weight is 250 g/mol. The van der Waals surface area contributed by atoms with Crippen LogP contribution in [0, 0.1) is 0 Å². The van der Waals surface area contributed by atoms with Gasteiger partial charge in [0.15, 0.2) is 0 Å². The molecule has 1 aliphatic heterocycles. The molecule has 96 valence electrons. The van der Waals surface area contributed by atoms with Gasteiger partial charge in [0.25, 0.3) is 0 Å². The van der Waals surface area contributed by atoms with Gasteiger partial charge in [0, 0.05) is 31.5 Å². The summed E-state index contributed by atoms with van der Waals surface area (Å²) in [5.74, 6) is 0. The molecule has 0 amide bonds. The molecule has 0 bridgehead atoms. The largest absolute Gasteiger partial charge is 0.288 e. The highest BCUT2D eigenvalue weighted by Crippen LogP contribution is 2.35. The summed E-state index contributed by atoms with van der Waals surface area (Å²) in [7, 11) is 0. The molecular formula is C17H18N2. The van der Waals surface area contributed by atoms with Crippen molar-refractivity contribution in [2.75, 3.05) is 6.54 Å². The lowest BCUT2D eigenvalue weighted by molar-refractivity contribution is 0.250. The second-order valence-corrected chi connectivity index (χ2v) is 5.15. The van der Waals surface area contributed by atoms with Gasteiger partial charge in [-0.2, -0.15) is 0 Å². The Morgan fingerprint density at radius 2 is 2.00 bits per heavy atom. The van der Waals surface area contributed by atoms with Crippen molar-refractivity contribution in [2.45, 2.75) is 19.0 Å². The summed E-state index contributed by atoms with van der Waals surface area (Å²) in [6.45, 7) is 6.08. The van der Waals surface area contributed by atoms with Crippen molar-refractivity contribution < 1.29 is 0 Å². The van der Waals surface area contributed by atoms with E-state index in [1.165, 1.54) is 16.7 Å². The Balaban J connectivity index is 1.81. The first-order chi connectivity index (χ1) is 9.33. The Labute approximate surface area is 114 Å². The van der Waals surface area contributed by atoms with Gasteiger partial charge in [-0.15, -0.1) is 0 Å². The van der Waals surface area contributed by atoms with Crippen LogP contribution in [-0.4, -0.2) is 16.4 Å². The minimum atomic E-state index is 0.453. The van der Waals surface area contributed by atoms with E-state index in [0.29, 0.717) is 6.04 Å². The minimum Gasteiger partial charge on any atom is -0.288 e. The molecule has 0 saturated carbocycles. The van der Waals surface area contributed by atoms with Gasteiger partial charge in [0.1, 0.15) is 0 Å². The number of aromatic nitrogens is 1. The summed E-state index contributed by atoms with van der Waals surface area (Å²) < 4.78 is 0. The number of hydrogen-bond donors (Lipinski definition) is 0. The topological polar surface area (TPSA) is 16.1 Å². The van der Waals surface area contributed by atoms with Gasteiger partial charge in [-0.3, -0.25) is 9.88 Å². The molecule has 2 aromatic rings. The first-order valence-electron chi connectivity index (χ1n) is 6.67. The van der Waals surface area contributed by atoms with Crippen LogP contribution in [0.2, 0.25) is 0 Å². The van der Waals surface area contributed by atoms with E-state index in [4.69, 9.17) is 0 Å². The molecular weight excluding hydrogens is 232 g/mol. The highest BCUT2D eigenvalue weighted by molar-refractivity contribution is 5.25. The Morgan fingerprint density at radius 3 is 2.74 bits per heavy atom. The Morgan fingerprint density at radius 1 is 1.16 bits per heavy atom. The maximum absolute atomic E-state index is 4.19. The van der Waals surface area contributed by atoms with Crippen LogP contribution in [-0.2, 0) is 6.54 Å². The second-order valence-electron chi connectivity index (χ2n) is 5.15. The van der Waals surface area contributed by atoms with Crippen molar-refractivity contribution in [3.63, 3.8) is 0 Å². The van der Waals surface area contributed by atoms with E-state index in [1.54, 1.807) is 0 Å². The van der Waals surface area contributed by atoms with Crippen molar-refractivity contribution >= 4 is 0 Å². The molecule has 1 unspecified atom stereocenters. The summed E-state index contributed by atoms with van der Waals surface area (Å²) in [4.78, 5) is 6.68. The summed E-state index contributed by atoms with van der Waals surface area (Å²) in [6.07, 6.45) is 4.83. The fraction of sp³-hybridized carbons (Fsp3) is 0.235. The van der Waals surface area contributed by atoms with Crippen molar-refractivity contribution in [3.05, 3.63) is 78.1 Å². The molecule has 1 aliphatic rings. The van der Waals surface area contributed by atoms with Crippen LogP contribution < -0.4 is 0 Å². The van der Waals surface area contributed by atoms with Crippen LogP contribution in [0.1, 0.15) is 23.6 Å². The normalized spacial score (nSPS) is 19.8. The first-order valence-corrected chi connectivity index (χ1v) is 6.67. The van der Waals surface area contributed by atoms with E-state index in [1.807, 2.05) is 18.5 Å². The van der Waals surface area contributed by atoms with Crippen LogP contribution in [0.4, 0.5) is 0 Å². The monoisotopic (exact) mass is 250 g/mol. The molecule has 0 radical (unpaired) electrons. The molecule has 0 aliphatic carbocycles. The number of hydrogen-bond acceptors (Lipinski definition) is 2. The highest BCUT2D eigenvalue weighted by Gasteiger charge is 2.27. The number of pyridine rings is 1. The van der Waals surface area contributed by atoms with Gasteiger partial charge in [-0.25, -0.2) is 0 Å². The van der Waals surface area contributed by atoms with Gasteiger partial charge in [0.2, 0.25) is 0 Å². The smallest absolute Gasteiger partial charge is 0.0392 e. The Bertz CT molecular complexity index is 548. The third-order valence-corrected chi connectivity index (χ3v) is 3.64. The van der Waals surface area contributed by atoms with E-state index in [9.17, 15) is 0 Å². The molecule has 1 atom stereocenters. The van der Waals surface area contributed by atoms with Crippen LogP contribution in [0.3, 0.4) is 0 Å². The first kappa shape index (κ1) is 12.1. The number of benzene rings is 1. The van der Waals surface area contributed by atoms with Crippen molar-refractivity contribution in [3.8, 4) is 0 Å². The predicted octanol–water partition coefficient (Wildman–Crippen LogP) is 3.58. The molecule has 2 heteroatoms. The van der Waals surface area contributed by atoms with Crippen LogP contribution in [0.25, 0.3) is 0 Å². The molecule has 0 spiro atoms. The van der Waals surface area contributed by atoms with Gasteiger partial charge in [-0.05, 0) is 23.6 Å². The molecule has 1 aromatic carbocycles.